The normalized spacial score (nSPS) is 18.0. The van der Waals surface area contributed by atoms with Gasteiger partial charge in [0.25, 0.3) is 0 Å². The van der Waals surface area contributed by atoms with Gasteiger partial charge in [0.05, 0.1) is 12.0 Å². The molecule has 0 saturated carbocycles. The zero-order valence-corrected chi connectivity index (χ0v) is 10.6. The molecule has 2 rings (SSSR count). The topological polar surface area (TPSA) is 53.8 Å². The quantitative estimate of drug-likeness (QED) is 0.397. The lowest BCUT2D eigenvalue weighted by Gasteiger charge is -2.17. The van der Waals surface area contributed by atoms with E-state index in [9.17, 15) is 22.1 Å². The van der Waals surface area contributed by atoms with Crippen LogP contribution in [0.1, 0.15) is 5.56 Å². The van der Waals surface area contributed by atoms with Gasteiger partial charge < -0.3 is 18.3 Å². The predicted molar refractivity (Wildman–Crippen MR) is 70.7 cm³/mol. The fourth-order valence-electron chi connectivity index (χ4n) is 1.48. The van der Waals surface area contributed by atoms with Gasteiger partial charge in [0.1, 0.15) is 5.82 Å². The fourth-order valence-corrected chi connectivity index (χ4v) is 2.11. The molecule has 0 aliphatic carbocycles. The molecule has 1 aromatic carbocycles. The Morgan fingerprint density at radius 2 is 2.10 bits per heavy atom. The first-order chi connectivity index (χ1) is 9.36. The van der Waals surface area contributed by atoms with E-state index in [1.54, 1.807) is 0 Å². The maximum Gasteiger partial charge on any atom is 0.510 e. The Morgan fingerprint density at radius 1 is 1.35 bits per heavy atom. The van der Waals surface area contributed by atoms with Gasteiger partial charge in [-0.1, -0.05) is 23.3 Å². The van der Waals surface area contributed by atoms with E-state index < -0.39 is 23.8 Å². The number of nitrogens with zero attached hydrogens (tertiary/aromatic N) is 2. The van der Waals surface area contributed by atoms with Gasteiger partial charge in [-0.3, -0.25) is 4.79 Å². The third-order valence-corrected chi connectivity index (χ3v) is 3.20. The van der Waals surface area contributed by atoms with Gasteiger partial charge in [0.15, 0.2) is 5.17 Å². The molecule has 0 radical (unpaired) electrons. The van der Waals surface area contributed by atoms with E-state index in [1.807, 2.05) is 0 Å². The van der Waals surface area contributed by atoms with Crippen molar-refractivity contribution in [2.75, 3.05) is 5.75 Å². The number of benzene rings is 1. The second-order valence-corrected chi connectivity index (χ2v) is 4.80. The Kier molecular flexibility index (Phi) is 4.12. The summed E-state index contributed by atoms with van der Waals surface area (Å²) in [6.07, 6.45) is 0.811. The summed E-state index contributed by atoms with van der Waals surface area (Å²) in [5, 5.41) is 9.56. The molecule has 106 valence electrons. The highest BCUT2D eigenvalue weighted by Crippen LogP contribution is 2.13. The zero-order chi connectivity index (χ0) is 14.8. The SMILES string of the molecule is O=C1CSC(=NN=Cc2cc(F)ccc2[B-](F)(F)F)N1. The average molecular weight is 304 g/mol. The highest BCUT2D eigenvalue weighted by Gasteiger charge is 2.28. The summed E-state index contributed by atoms with van der Waals surface area (Å²) in [5.41, 5.74) is -1.35. The molecule has 1 amide bonds. The maximum atomic E-state index is 13.0. The molecular weight excluding hydrogens is 297 g/mol. The van der Waals surface area contributed by atoms with Crippen molar-refractivity contribution in [3.63, 3.8) is 0 Å². The molecule has 1 fully saturated rings. The second kappa shape index (κ2) is 5.65. The summed E-state index contributed by atoms with van der Waals surface area (Å²) >= 11 is 1.08. The molecule has 1 aromatic rings. The summed E-state index contributed by atoms with van der Waals surface area (Å²) in [4.78, 5) is 10.9. The van der Waals surface area contributed by atoms with E-state index in [2.05, 4.69) is 15.5 Å². The Balaban J connectivity index is 2.24. The molecule has 1 aliphatic heterocycles. The third kappa shape index (κ3) is 3.59. The Bertz CT molecular complexity index is 603. The van der Waals surface area contributed by atoms with E-state index in [0.717, 1.165) is 30.1 Å². The van der Waals surface area contributed by atoms with E-state index in [0.29, 0.717) is 6.07 Å². The Labute approximate surface area is 115 Å². The van der Waals surface area contributed by atoms with Crippen molar-refractivity contribution >= 4 is 41.5 Å². The van der Waals surface area contributed by atoms with Gasteiger partial charge in [-0.15, -0.1) is 5.10 Å². The summed E-state index contributed by atoms with van der Waals surface area (Å²) in [6.45, 7) is -5.27. The van der Waals surface area contributed by atoms with Crippen LogP contribution in [-0.4, -0.2) is 30.0 Å². The molecule has 0 bridgehead atoms. The Morgan fingerprint density at radius 3 is 2.70 bits per heavy atom. The van der Waals surface area contributed by atoms with Gasteiger partial charge in [-0.2, -0.15) is 5.10 Å². The summed E-state index contributed by atoms with van der Waals surface area (Å²) in [7, 11) is 0. The minimum absolute atomic E-state index is 0.186. The highest BCUT2D eigenvalue weighted by molar-refractivity contribution is 8.15. The first kappa shape index (κ1) is 14.6. The van der Waals surface area contributed by atoms with Crippen LogP contribution in [-0.2, 0) is 4.79 Å². The van der Waals surface area contributed by atoms with E-state index in [-0.39, 0.29) is 16.8 Å². The largest absolute Gasteiger partial charge is 0.510 e. The van der Waals surface area contributed by atoms with Crippen LogP contribution in [0, 0.1) is 5.82 Å². The molecule has 10 heteroatoms. The lowest BCUT2D eigenvalue weighted by atomic mass is 9.77. The standard InChI is InChI=1S/C10H7BF4N3OS/c12-7-1-2-8(11(13,14)15)6(3-7)4-16-18-10-17-9(19)5-20-10/h1-4H,5H2,(H,17,18,19)/q-1. The highest BCUT2D eigenvalue weighted by atomic mass is 32.2. The van der Waals surface area contributed by atoms with Crippen molar-refractivity contribution in [1.29, 1.82) is 0 Å². The van der Waals surface area contributed by atoms with E-state index in [4.69, 9.17) is 0 Å². The molecule has 0 unspecified atom stereocenters. The van der Waals surface area contributed by atoms with Crippen LogP contribution in [0.4, 0.5) is 17.3 Å². The number of hydrogen-bond donors (Lipinski definition) is 1. The number of carbonyl (C=O) groups is 1. The van der Waals surface area contributed by atoms with Crippen LogP contribution < -0.4 is 10.8 Å². The van der Waals surface area contributed by atoms with Gasteiger partial charge in [0, 0.05) is 0 Å². The van der Waals surface area contributed by atoms with Crippen LogP contribution >= 0.6 is 11.8 Å². The molecule has 0 spiro atoms. The van der Waals surface area contributed by atoms with Crippen LogP contribution in [0.15, 0.2) is 28.4 Å². The zero-order valence-electron chi connectivity index (χ0n) is 9.82. The molecule has 20 heavy (non-hydrogen) atoms. The predicted octanol–water partition coefficient (Wildman–Crippen LogP) is 1.43. The smallest absolute Gasteiger partial charge is 0.445 e. The summed E-state index contributed by atoms with van der Waals surface area (Å²) in [5.74, 6) is -0.869. The first-order valence-electron chi connectivity index (χ1n) is 5.39. The molecule has 4 nitrogen and oxygen atoms in total. The van der Waals surface area contributed by atoms with Crippen molar-refractivity contribution in [2.24, 2.45) is 10.2 Å². The lowest BCUT2D eigenvalue weighted by Crippen LogP contribution is -2.37. The number of amidine groups is 1. The van der Waals surface area contributed by atoms with Crippen molar-refractivity contribution < 1.29 is 22.1 Å². The number of carbonyl (C=O) groups excluding carboxylic acids is 1. The molecule has 1 saturated heterocycles. The van der Waals surface area contributed by atoms with Crippen molar-refractivity contribution in [2.45, 2.75) is 0 Å². The molecule has 0 atom stereocenters. The minimum atomic E-state index is -5.27. The van der Waals surface area contributed by atoms with Crippen molar-refractivity contribution in [3.8, 4) is 0 Å². The van der Waals surface area contributed by atoms with E-state index in [1.165, 1.54) is 0 Å². The number of thioether (sulfide) groups is 1. The van der Waals surface area contributed by atoms with Gasteiger partial charge >= 0.3 is 6.98 Å². The first-order valence-corrected chi connectivity index (χ1v) is 6.38. The number of amides is 1. The van der Waals surface area contributed by atoms with Crippen molar-refractivity contribution in [3.05, 3.63) is 29.6 Å². The lowest BCUT2D eigenvalue weighted by molar-refractivity contribution is -0.116. The number of halogens is 4. The number of rotatable bonds is 3. The second-order valence-electron chi connectivity index (χ2n) is 3.83. The van der Waals surface area contributed by atoms with E-state index >= 15 is 0 Å². The summed E-state index contributed by atoms with van der Waals surface area (Å²) in [6, 6.07) is 2.13. The minimum Gasteiger partial charge on any atom is -0.445 e. The molecule has 1 N–H and O–H groups in total. The summed E-state index contributed by atoms with van der Waals surface area (Å²) < 4.78 is 51.2. The van der Waals surface area contributed by atoms with Crippen LogP contribution in [0.5, 0.6) is 0 Å². The van der Waals surface area contributed by atoms with Crippen LogP contribution in [0.2, 0.25) is 0 Å². The van der Waals surface area contributed by atoms with Crippen molar-refractivity contribution in [1.82, 2.24) is 5.32 Å². The van der Waals surface area contributed by atoms with Gasteiger partial charge in [-0.05, 0) is 17.7 Å². The molecule has 1 heterocycles. The molecule has 1 aliphatic rings. The maximum absolute atomic E-state index is 13.0. The average Bonchev–Trinajstić information content (AvgIpc) is 2.73. The molecular formula is C10H7BF4N3OS-. The Hall–Kier alpha value is -1.84. The number of hydrogen-bond acceptors (Lipinski definition) is 4. The van der Waals surface area contributed by atoms with Crippen LogP contribution in [0.3, 0.4) is 0 Å². The van der Waals surface area contributed by atoms with Gasteiger partial charge in [-0.25, -0.2) is 4.39 Å². The fraction of sp³-hybridized carbons (Fsp3) is 0.100. The van der Waals surface area contributed by atoms with Crippen LogP contribution in [0.25, 0.3) is 0 Å². The molecule has 0 aromatic heterocycles. The third-order valence-electron chi connectivity index (χ3n) is 2.33. The van der Waals surface area contributed by atoms with Gasteiger partial charge in [0.2, 0.25) is 5.91 Å². The monoisotopic (exact) mass is 304 g/mol. The number of nitrogens with one attached hydrogen (secondary N) is 1.